The van der Waals surface area contributed by atoms with E-state index < -0.39 is 0 Å². The van der Waals surface area contributed by atoms with Gasteiger partial charge in [0.1, 0.15) is 18.0 Å². The van der Waals surface area contributed by atoms with Crippen LogP contribution >= 0.6 is 11.6 Å². The van der Waals surface area contributed by atoms with Crippen molar-refractivity contribution in [3.05, 3.63) is 82.8 Å². The second-order valence-electron chi connectivity index (χ2n) is 7.72. The molecule has 8 heteroatoms. The molecule has 0 bridgehead atoms. The largest absolute Gasteiger partial charge is 0.490 e. The highest BCUT2D eigenvalue weighted by atomic mass is 35.5. The number of aryl methyl sites for hydroxylation is 1. The molecule has 3 heterocycles. The molecule has 7 nitrogen and oxygen atoms in total. The van der Waals surface area contributed by atoms with Crippen molar-refractivity contribution in [1.82, 2.24) is 9.38 Å². The van der Waals surface area contributed by atoms with Gasteiger partial charge in [0, 0.05) is 30.9 Å². The maximum absolute atomic E-state index is 13.1. The first kappa shape index (κ1) is 21.2. The van der Waals surface area contributed by atoms with Crippen LogP contribution in [-0.2, 0) is 6.61 Å². The number of ether oxygens (including phenoxy) is 3. The molecule has 0 atom stereocenters. The van der Waals surface area contributed by atoms with E-state index in [0.717, 1.165) is 23.3 Å². The number of anilines is 1. The Morgan fingerprint density at radius 1 is 1.15 bits per heavy atom. The van der Waals surface area contributed by atoms with Crippen LogP contribution in [0.15, 0.2) is 60.9 Å². The van der Waals surface area contributed by atoms with Crippen LogP contribution < -0.4 is 19.5 Å². The van der Waals surface area contributed by atoms with Gasteiger partial charge < -0.3 is 23.9 Å². The van der Waals surface area contributed by atoms with Crippen LogP contribution in [0, 0.1) is 6.92 Å². The highest BCUT2D eigenvalue weighted by Gasteiger charge is 2.18. The molecule has 33 heavy (non-hydrogen) atoms. The number of nitrogens with one attached hydrogen (secondary N) is 1. The number of aromatic nitrogens is 2. The summed E-state index contributed by atoms with van der Waals surface area (Å²) in [7, 11) is 0. The van der Waals surface area contributed by atoms with Crippen LogP contribution in [0.5, 0.6) is 17.2 Å². The average Bonchev–Trinajstić information content (AvgIpc) is 3.11. The molecule has 0 radical (unpaired) electrons. The maximum atomic E-state index is 13.1. The van der Waals surface area contributed by atoms with E-state index in [2.05, 4.69) is 10.3 Å². The molecule has 0 unspecified atom stereocenters. The molecule has 1 amide bonds. The predicted octanol–water partition coefficient (Wildman–Crippen LogP) is 5.29. The molecule has 0 fully saturated rings. The second kappa shape index (κ2) is 9.03. The number of para-hydroxylation sites is 1. The van der Waals surface area contributed by atoms with Gasteiger partial charge in [-0.1, -0.05) is 29.8 Å². The number of amides is 1. The number of rotatable bonds is 5. The fourth-order valence-electron chi connectivity index (χ4n) is 3.68. The molecular formula is C25H22ClN3O4. The Kier molecular flexibility index (Phi) is 5.79. The second-order valence-corrected chi connectivity index (χ2v) is 8.13. The van der Waals surface area contributed by atoms with Crippen LogP contribution in [0.25, 0.3) is 5.65 Å². The maximum Gasteiger partial charge on any atom is 0.259 e. The quantitative estimate of drug-likeness (QED) is 0.435. The molecule has 0 spiro atoms. The number of carbonyl (C=O) groups is 1. The van der Waals surface area contributed by atoms with Gasteiger partial charge in [0.2, 0.25) is 0 Å². The van der Waals surface area contributed by atoms with Gasteiger partial charge in [-0.25, -0.2) is 4.98 Å². The van der Waals surface area contributed by atoms with E-state index in [1.54, 1.807) is 30.3 Å². The van der Waals surface area contributed by atoms with Gasteiger partial charge in [-0.05, 0) is 30.7 Å². The number of halogens is 1. The molecule has 2 aromatic carbocycles. The lowest BCUT2D eigenvalue weighted by Gasteiger charge is -2.14. The third kappa shape index (κ3) is 4.45. The highest BCUT2D eigenvalue weighted by Crippen LogP contribution is 2.38. The van der Waals surface area contributed by atoms with Crippen LogP contribution in [0.2, 0.25) is 5.02 Å². The van der Waals surface area contributed by atoms with Crippen LogP contribution in [0.1, 0.15) is 28.0 Å². The minimum atomic E-state index is -0.340. The molecule has 0 saturated heterocycles. The smallest absolute Gasteiger partial charge is 0.259 e. The molecular weight excluding hydrogens is 442 g/mol. The minimum absolute atomic E-state index is 0.232. The molecule has 0 saturated carbocycles. The topological polar surface area (TPSA) is 74.1 Å². The summed E-state index contributed by atoms with van der Waals surface area (Å²) >= 11 is 6.39. The zero-order valence-electron chi connectivity index (χ0n) is 18.0. The first-order valence-corrected chi connectivity index (χ1v) is 11.0. The van der Waals surface area contributed by atoms with Crippen LogP contribution in [0.4, 0.5) is 5.69 Å². The normalized spacial score (nSPS) is 12.9. The van der Waals surface area contributed by atoms with E-state index in [9.17, 15) is 4.79 Å². The van der Waals surface area contributed by atoms with Crippen molar-refractivity contribution in [3.8, 4) is 17.2 Å². The Bertz CT molecular complexity index is 1330. The van der Waals surface area contributed by atoms with Crippen molar-refractivity contribution < 1.29 is 19.0 Å². The zero-order valence-corrected chi connectivity index (χ0v) is 18.8. The van der Waals surface area contributed by atoms with E-state index in [4.69, 9.17) is 25.8 Å². The van der Waals surface area contributed by atoms with Gasteiger partial charge in [-0.2, -0.15) is 0 Å². The van der Waals surface area contributed by atoms with Gasteiger partial charge >= 0.3 is 0 Å². The average molecular weight is 464 g/mol. The van der Waals surface area contributed by atoms with Crippen molar-refractivity contribution in [2.45, 2.75) is 20.0 Å². The van der Waals surface area contributed by atoms with Gasteiger partial charge in [0.25, 0.3) is 5.91 Å². The third-order valence-corrected chi connectivity index (χ3v) is 5.63. The number of benzene rings is 2. The van der Waals surface area contributed by atoms with Gasteiger partial charge in [-0.15, -0.1) is 0 Å². The van der Waals surface area contributed by atoms with E-state index in [1.807, 2.05) is 41.9 Å². The Morgan fingerprint density at radius 3 is 2.76 bits per heavy atom. The summed E-state index contributed by atoms with van der Waals surface area (Å²) < 4.78 is 19.3. The Labute approximate surface area is 195 Å². The van der Waals surface area contributed by atoms with E-state index in [0.29, 0.717) is 46.7 Å². The number of hydrogen-bond acceptors (Lipinski definition) is 5. The lowest BCUT2D eigenvalue weighted by atomic mass is 10.1. The summed E-state index contributed by atoms with van der Waals surface area (Å²) in [6.07, 6.45) is 4.65. The number of nitrogens with zero attached hydrogens (tertiary/aromatic N) is 2. The molecule has 168 valence electrons. The highest BCUT2D eigenvalue weighted by molar-refractivity contribution is 6.34. The molecule has 1 N–H and O–H groups in total. The van der Waals surface area contributed by atoms with Crippen molar-refractivity contribution in [2.75, 3.05) is 18.5 Å². The monoisotopic (exact) mass is 463 g/mol. The number of hydrogen-bond donors (Lipinski definition) is 1. The van der Waals surface area contributed by atoms with Gasteiger partial charge in [0.15, 0.2) is 11.5 Å². The number of imidazole rings is 1. The molecule has 2 aromatic heterocycles. The first-order chi connectivity index (χ1) is 16.1. The zero-order chi connectivity index (χ0) is 22.8. The Hall–Kier alpha value is -3.71. The lowest BCUT2D eigenvalue weighted by molar-refractivity contribution is 0.102. The van der Waals surface area contributed by atoms with E-state index in [1.165, 1.54) is 0 Å². The van der Waals surface area contributed by atoms with Gasteiger partial charge in [-0.3, -0.25) is 4.79 Å². The first-order valence-electron chi connectivity index (χ1n) is 10.6. The molecule has 5 rings (SSSR count). The lowest BCUT2D eigenvalue weighted by Crippen LogP contribution is -2.14. The third-order valence-electron chi connectivity index (χ3n) is 5.32. The molecule has 4 aromatic rings. The predicted molar refractivity (Wildman–Crippen MR) is 126 cm³/mol. The van der Waals surface area contributed by atoms with Crippen LogP contribution in [-0.4, -0.2) is 28.5 Å². The summed E-state index contributed by atoms with van der Waals surface area (Å²) in [5.74, 6) is 1.24. The molecule has 1 aliphatic heterocycles. The fourth-order valence-corrected chi connectivity index (χ4v) is 3.88. The minimum Gasteiger partial charge on any atom is -0.490 e. The van der Waals surface area contributed by atoms with E-state index in [-0.39, 0.29) is 12.5 Å². The summed E-state index contributed by atoms with van der Waals surface area (Å²) in [6.45, 7) is 3.35. The van der Waals surface area contributed by atoms with Gasteiger partial charge in [0.05, 0.1) is 35.2 Å². The number of fused-ring (bicyclic) bond motifs is 2. The van der Waals surface area contributed by atoms with E-state index >= 15 is 0 Å². The Balaban J connectivity index is 1.34. The van der Waals surface area contributed by atoms with Crippen molar-refractivity contribution in [2.24, 2.45) is 0 Å². The summed E-state index contributed by atoms with van der Waals surface area (Å²) in [5, 5.41) is 3.23. The number of pyridine rings is 1. The SMILES string of the molecule is Cc1cccn2cc(COc3ccccc3C(=O)Nc3cc4c(cc3Cl)OCCCO4)nc12. The summed E-state index contributed by atoms with van der Waals surface area (Å²) in [5.41, 5.74) is 3.56. The summed E-state index contributed by atoms with van der Waals surface area (Å²) in [6, 6.07) is 14.4. The van der Waals surface area contributed by atoms with Crippen molar-refractivity contribution in [1.29, 1.82) is 0 Å². The summed E-state index contributed by atoms with van der Waals surface area (Å²) in [4.78, 5) is 17.7. The van der Waals surface area contributed by atoms with Crippen molar-refractivity contribution in [3.63, 3.8) is 0 Å². The van der Waals surface area contributed by atoms with Crippen LogP contribution in [0.3, 0.4) is 0 Å². The Morgan fingerprint density at radius 2 is 1.94 bits per heavy atom. The fraction of sp³-hybridized carbons (Fsp3) is 0.200. The van der Waals surface area contributed by atoms with Crippen molar-refractivity contribution >= 4 is 28.8 Å². The standard InChI is InChI=1S/C25H22ClN3O4/c1-16-6-4-9-29-14-17(27-24(16)29)15-33-21-8-3-2-7-18(21)25(30)28-20-13-23-22(12-19(20)26)31-10-5-11-32-23/h2-4,6-9,12-14H,5,10-11,15H2,1H3,(H,28,30). The molecule has 1 aliphatic rings. The number of carbonyl (C=O) groups excluding carboxylic acids is 1. The molecule has 0 aliphatic carbocycles.